The molecule has 2 aromatic rings. The molecule has 0 saturated heterocycles. The van der Waals surface area contributed by atoms with Crippen molar-refractivity contribution in [2.45, 2.75) is 6.92 Å². The average Bonchev–Trinajstić information content (AvgIpc) is 2.92. The topological polar surface area (TPSA) is 81.1 Å². The molecular formula is C13H14FN3O3S. The highest BCUT2D eigenvalue weighted by Gasteiger charge is 2.15. The number of sulfone groups is 1. The summed E-state index contributed by atoms with van der Waals surface area (Å²) in [5.41, 5.74) is 0.430. The first kappa shape index (κ1) is 15.2. The normalized spacial score (nSPS) is 11.3. The first-order valence-electron chi connectivity index (χ1n) is 6.21. The number of hydrogen-bond acceptors (Lipinski definition) is 4. The molecular weight excluding hydrogens is 297 g/mol. The SMILES string of the molecule is CCS(=O)(=O)CC(=O)Nc1ccc(-n2cccn2)c(F)c1. The molecule has 112 valence electrons. The van der Waals surface area contributed by atoms with Gasteiger partial charge in [-0.3, -0.25) is 4.79 Å². The number of nitrogens with one attached hydrogen (secondary N) is 1. The number of anilines is 1. The first-order chi connectivity index (χ1) is 9.91. The van der Waals surface area contributed by atoms with Gasteiger partial charge < -0.3 is 5.32 Å². The third-order valence-corrected chi connectivity index (χ3v) is 4.36. The monoisotopic (exact) mass is 311 g/mol. The Morgan fingerprint density at radius 2 is 2.19 bits per heavy atom. The van der Waals surface area contributed by atoms with Crippen molar-refractivity contribution in [2.75, 3.05) is 16.8 Å². The fourth-order valence-electron chi connectivity index (χ4n) is 1.68. The van der Waals surface area contributed by atoms with Crippen LogP contribution in [0, 0.1) is 5.82 Å². The minimum atomic E-state index is -3.41. The Morgan fingerprint density at radius 3 is 2.76 bits per heavy atom. The van der Waals surface area contributed by atoms with Crippen molar-refractivity contribution in [3.8, 4) is 5.69 Å². The summed E-state index contributed by atoms with van der Waals surface area (Å²) in [7, 11) is -3.41. The molecule has 1 aromatic carbocycles. The molecule has 0 spiro atoms. The highest BCUT2D eigenvalue weighted by Crippen LogP contribution is 2.17. The average molecular weight is 311 g/mol. The summed E-state index contributed by atoms with van der Waals surface area (Å²) in [5.74, 6) is -2.00. The number of carbonyl (C=O) groups excluding carboxylic acids is 1. The van der Waals surface area contributed by atoms with Crippen LogP contribution in [0.25, 0.3) is 5.69 Å². The van der Waals surface area contributed by atoms with Crippen molar-refractivity contribution in [1.82, 2.24) is 9.78 Å². The van der Waals surface area contributed by atoms with Crippen LogP contribution < -0.4 is 5.32 Å². The molecule has 0 aliphatic rings. The van der Waals surface area contributed by atoms with E-state index >= 15 is 0 Å². The maximum absolute atomic E-state index is 13.9. The number of amides is 1. The molecule has 0 aliphatic heterocycles. The summed E-state index contributed by atoms with van der Waals surface area (Å²) in [6, 6.07) is 5.71. The molecule has 1 heterocycles. The van der Waals surface area contributed by atoms with Crippen LogP contribution in [0.4, 0.5) is 10.1 Å². The van der Waals surface area contributed by atoms with Gasteiger partial charge in [-0.2, -0.15) is 5.10 Å². The smallest absolute Gasteiger partial charge is 0.239 e. The standard InChI is InChI=1S/C13H14FN3O3S/c1-2-21(19,20)9-13(18)16-10-4-5-12(11(14)8-10)17-7-3-6-15-17/h3-8H,2,9H2,1H3,(H,16,18). The third-order valence-electron chi connectivity index (χ3n) is 2.77. The predicted octanol–water partition coefficient (Wildman–Crippen LogP) is 1.38. The van der Waals surface area contributed by atoms with Gasteiger partial charge >= 0.3 is 0 Å². The van der Waals surface area contributed by atoms with Gasteiger partial charge in [0.15, 0.2) is 15.7 Å². The summed E-state index contributed by atoms with van der Waals surface area (Å²) in [5, 5.41) is 6.27. The number of carbonyl (C=O) groups is 1. The number of nitrogens with zero attached hydrogens (tertiary/aromatic N) is 2. The van der Waals surface area contributed by atoms with Crippen molar-refractivity contribution in [3.63, 3.8) is 0 Å². The molecule has 0 unspecified atom stereocenters. The molecule has 0 bridgehead atoms. The quantitative estimate of drug-likeness (QED) is 0.904. The van der Waals surface area contributed by atoms with Crippen molar-refractivity contribution in [3.05, 3.63) is 42.5 Å². The Morgan fingerprint density at radius 1 is 1.43 bits per heavy atom. The molecule has 8 heteroatoms. The fraction of sp³-hybridized carbons (Fsp3) is 0.231. The van der Waals surface area contributed by atoms with E-state index in [4.69, 9.17) is 0 Å². The largest absolute Gasteiger partial charge is 0.325 e. The van der Waals surface area contributed by atoms with E-state index in [-0.39, 0.29) is 17.1 Å². The fourth-order valence-corrected chi connectivity index (χ4v) is 2.36. The Bertz CT molecular complexity index is 742. The van der Waals surface area contributed by atoms with Gasteiger partial charge in [0.25, 0.3) is 0 Å². The molecule has 21 heavy (non-hydrogen) atoms. The highest BCUT2D eigenvalue weighted by molar-refractivity contribution is 7.92. The van der Waals surface area contributed by atoms with Crippen molar-refractivity contribution < 1.29 is 17.6 Å². The Balaban J connectivity index is 2.12. The molecule has 0 aliphatic carbocycles. The van der Waals surface area contributed by atoms with Crippen LogP contribution in [-0.4, -0.2) is 35.6 Å². The number of hydrogen-bond donors (Lipinski definition) is 1. The van der Waals surface area contributed by atoms with Crippen molar-refractivity contribution in [2.24, 2.45) is 0 Å². The van der Waals surface area contributed by atoms with Gasteiger partial charge in [0.1, 0.15) is 11.4 Å². The van der Waals surface area contributed by atoms with Crippen LogP contribution in [0.15, 0.2) is 36.7 Å². The van der Waals surface area contributed by atoms with Gasteiger partial charge in [-0.05, 0) is 24.3 Å². The molecule has 1 amide bonds. The van der Waals surface area contributed by atoms with Gasteiger partial charge in [-0.25, -0.2) is 17.5 Å². The van der Waals surface area contributed by atoms with Crippen LogP contribution in [0.1, 0.15) is 6.92 Å². The lowest BCUT2D eigenvalue weighted by Crippen LogP contribution is -2.24. The van der Waals surface area contributed by atoms with Crippen LogP contribution in [0.3, 0.4) is 0 Å². The third kappa shape index (κ3) is 3.88. The molecule has 0 radical (unpaired) electrons. The van der Waals surface area contributed by atoms with E-state index in [1.54, 1.807) is 12.3 Å². The van der Waals surface area contributed by atoms with Gasteiger partial charge in [-0.1, -0.05) is 6.92 Å². The lowest BCUT2D eigenvalue weighted by molar-refractivity contribution is -0.113. The minimum Gasteiger partial charge on any atom is -0.325 e. The summed E-state index contributed by atoms with van der Waals surface area (Å²) in [6.07, 6.45) is 3.11. The second-order valence-electron chi connectivity index (χ2n) is 4.34. The van der Waals surface area contributed by atoms with E-state index in [9.17, 15) is 17.6 Å². The zero-order chi connectivity index (χ0) is 15.5. The molecule has 1 aromatic heterocycles. The Kier molecular flexibility index (Phi) is 4.37. The summed E-state index contributed by atoms with van der Waals surface area (Å²) >= 11 is 0. The van der Waals surface area contributed by atoms with Gasteiger partial charge in [0, 0.05) is 23.8 Å². The van der Waals surface area contributed by atoms with Crippen LogP contribution >= 0.6 is 0 Å². The van der Waals surface area contributed by atoms with Crippen LogP contribution in [0.5, 0.6) is 0 Å². The maximum atomic E-state index is 13.9. The van der Waals surface area contributed by atoms with E-state index in [1.165, 1.54) is 29.9 Å². The summed E-state index contributed by atoms with van der Waals surface area (Å²) in [4.78, 5) is 11.6. The molecule has 0 atom stereocenters. The van der Waals surface area contributed by atoms with Gasteiger partial charge in [0.2, 0.25) is 5.91 Å². The van der Waals surface area contributed by atoms with E-state index in [0.29, 0.717) is 0 Å². The number of rotatable bonds is 5. The van der Waals surface area contributed by atoms with E-state index in [1.807, 2.05) is 0 Å². The first-order valence-corrected chi connectivity index (χ1v) is 8.03. The molecule has 1 N–H and O–H groups in total. The van der Waals surface area contributed by atoms with Crippen molar-refractivity contribution in [1.29, 1.82) is 0 Å². The van der Waals surface area contributed by atoms with Crippen LogP contribution in [-0.2, 0) is 14.6 Å². The lowest BCUT2D eigenvalue weighted by Gasteiger charge is -2.08. The van der Waals surface area contributed by atoms with Crippen molar-refractivity contribution >= 4 is 21.4 Å². The molecule has 2 rings (SSSR count). The van der Waals surface area contributed by atoms with Gasteiger partial charge in [-0.15, -0.1) is 0 Å². The highest BCUT2D eigenvalue weighted by atomic mass is 32.2. The number of halogens is 1. The van der Waals surface area contributed by atoms with E-state index < -0.39 is 27.3 Å². The summed E-state index contributed by atoms with van der Waals surface area (Å²) in [6.45, 7) is 1.46. The predicted molar refractivity (Wildman–Crippen MR) is 76.5 cm³/mol. The second kappa shape index (κ2) is 6.04. The minimum absolute atomic E-state index is 0.118. The van der Waals surface area contributed by atoms with E-state index in [0.717, 1.165) is 6.07 Å². The lowest BCUT2D eigenvalue weighted by atomic mass is 10.2. The summed E-state index contributed by atoms with van der Waals surface area (Å²) < 4.78 is 37.9. The van der Waals surface area contributed by atoms with Gasteiger partial charge in [0.05, 0.1) is 0 Å². The zero-order valence-electron chi connectivity index (χ0n) is 11.3. The number of benzene rings is 1. The Labute approximate surface area is 121 Å². The van der Waals surface area contributed by atoms with E-state index in [2.05, 4.69) is 10.4 Å². The maximum Gasteiger partial charge on any atom is 0.239 e. The Hall–Kier alpha value is -2.22. The second-order valence-corrected chi connectivity index (χ2v) is 6.69. The zero-order valence-corrected chi connectivity index (χ0v) is 12.1. The molecule has 6 nitrogen and oxygen atoms in total. The number of aromatic nitrogens is 2. The molecule has 0 saturated carbocycles. The van der Waals surface area contributed by atoms with Crippen LogP contribution in [0.2, 0.25) is 0 Å². The molecule has 0 fully saturated rings.